The third-order valence-corrected chi connectivity index (χ3v) is 6.56. The fourth-order valence-corrected chi connectivity index (χ4v) is 6.38. The Bertz CT molecular complexity index is 735. The number of aromatic nitrogens is 6. The van der Waals surface area contributed by atoms with Gasteiger partial charge in [0.05, 0.1) is 11.9 Å². The first-order valence-corrected chi connectivity index (χ1v) is 9.55. The molecule has 7 nitrogen and oxygen atoms in total. The summed E-state index contributed by atoms with van der Waals surface area (Å²) in [4.78, 5) is 6.13. The lowest BCUT2D eigenvalue weighted by molar-refractivity contribution is -0.0881. The second kappa shape index (κ2) is 5.37. The van der Waals surface area contributed by atoms with Crippen molar-refractivity contribution < 1.29 is 0 Å². The number of hydrogen-bond acceptors (Lipinski definition) is 5. The number of hydrogen-bond donors (Lipinski definition) is 1. The first kappa shape index (κ1) is 15.5. The molecular formula is C18H27N7. The quantitative estimate of drug-likeness (QED) is 0.899. The molecule has 4 aliphatic carbocycles. The Kier molecular flexibility index (Phi) is 3.33. The van der Waals surface area contributed by atoms with E-state index in [0.717, 1.165) is 30.6 Å². The summed E-state index contributed by atoms with van der Waals surface area (Å²) in [6.45, 7) is 5.19. The van der Waals surface area contributed by atoms with Crippen LogP contribution < -0.4 is 5.32 Å². The molecule has 4 saturated carbocycles. The van der Waals surface area contributed by atoms with Crippen molar-refractivity contribution in [2.75, 3.05) is 0 Å². The zero-order valence-corrected chi connectivity index (χ0v) is 15.1. The molecule has 4 bridgehead atoms. The van der Waals surface area contributed by atoms with Crippen LogP contribution in [0.5, 0.6) is 0 Å². The van der Waals surface area contributed by atoms with E-state index >= 15 is 0 Å². The standard InChI is InChI=1S/C18H27N7/c1-13(10-24-4-3-19-12-24)20-17-6-15-5-16(7-17)9-18(8-15,11-17)25-22-14(2)21-23-25/h3-4,12-13,15-16,20H,5-11H2,1-2H3/t13-,15-,16-,17?,18?/m0/s1. The number of tetrazole rings is 1. The molecule has 2 aromatic rings. The van der Waals surface area contributed by atoms with Crippen LogP contribution in [0.4, 0.5) is 0 Å². The molecule has 2 aromatic heterocycles. The van der Waals surface area contributed by atoms with Crippen molar-refractivity contribution in [3.63, 3.8) is 0 Å². The molecule has 0 spiro atoms. The molecule has 4 aliphatic rings. The molecule has 0 radical (unpaired) electrons. The van der Waals surface area contributed by atoms with Gasteiger partial charge in [-0.1, -0.05) is 0 Å². The van der Waals surface area contributed by atoms with Crippen molar-refractivity contribution in [1.29, 1.82) is 0 Å². The lowest BCUT2D eigenvalue weighted by atomic mass is 9.50. The molecule has 4 fully saturated rings. The van der Waals surface area contributed by atoms with Gasteiger partial charge in [-0.05, 0) is 69.4 Å². The highest BCUT2D eigenvalue weighted by Gasteiger charge is 2.59. The molecule has 0 aliphatic heterocycles. The van der Waals surface area contributed by atoms with Crippen LogP contribution in [0.25, 0.3) is 0 Å². The van der Waals surface area contributed by atoms with E-state index in [0.29, 0.717) is 6.04 Å². The van der Waals surface area contributed by atoms with Crippen LogP contribution in [-0.2, 0) is 12.1 Å². The average molecular weight is 341 g/mol. The maximum absolute atomic E-state index is 4.63. The van der Waals surface area contributed by atoms with Crippen molar-refractivity contribution in [3.8, 4) is 0 Å². The molecule has 0 amide bonds. The Morgan fingerprint density at radius 3 is 2.72 bits per heavy atom. The molecule has 2 heterocycles. The number of nitrogens with one attached hydrogen (secondary N) is 1. The predicted molar refractivity (Wildman–Crippen MR) is 92.8 cm³/mol. The average Bonchev–Trinajstić information content (AvgIpc) is 3.17. The van der Waals surface area contributed by atoms with Gasteiger partial charge in [-0.2, -0.15) is 4.80 Å². The van der Waals surface area contributed by atoms with Crippen LogP contribution in [0.2, 0.25) is 0 Å². The van der Waals surface area contributed by atoms with Gasteiger partial charge < -0.3 is 9.88 Å². The minimum absolute atomic E-state index is 0.0765. The molecule has 6 rings (SSSR count). The Balaban J connectivity index is 1.40. The van der Waals surface area contributed by atoms with Crippen molar-refractivity contribution in [3.05, 3.63) is 24.5 Å². The summed E-state index contributed by atoms with van der Waals surface area (Å²) >= 11 is 0. The zero-order valence-electron chi connectivity index (χ0n) is 15.1. The molecule has 1 N–H and O–H groups in total. The van der Waals surface area contributed by atoms with E-state index in [1.807, 2.05) is 30.4 Å². The summed E-state index contributed by atoms with van der Waals surface area (Å²) in [6.07, 6.45) is 13.4. The molecular weight excluding hydrogens is 314 g/mol. The molecule has 0 aromatic carbocycles. The minimum Gasteiger partial charge on any atom is -0.336 e. The lowest BCUT2D eigenvalue weighted by Crippen LogP contribution is -2.66. The van der Waals surface area contributed by atoms with Crippen LogP contribution in [0.3, 0.4) is 0 Å². The van der Waals surface area contributed by atoms with Crippen LogP contribution >= 0.6 is 0 Å². The van der Waals surface area contributed by atoms with Gasteiger partial charge in [0.2, 0.25) is 0 Å². The maximum atomic E-state index is 4.63. The number of imidazole rings is 1. The largest absolute Gasteiger partial charge is 0.336 e. The van der Waals surface area contributed by atoms with Crippen molar-refractivity contribution in [2.24, 2.45) is 11.8 Å². The topological polar surface area (TPSA) is 73.5 Å². The Hall–Kier alpha value is -1.76. The Labute approximate surface area is 148 Å². The second-order valence-corrected chi connectivity index (χ2v) is 8.90. The van der Waals surface area contributed by atoms with Crippen LogP contribution in [-0.4, -0.2) is 41.3 Å². The highest BCUT2D eigenvalue weighted by atomic mass is 15.6. The van der Waals surface area contributed by atoms with Gasteiger partial charge in [-0.25, -0.2) is 4.98 Å². The highest BCUT2D eigenvalue weighted by molar-refractivity contribution is 5.13. The highest BCUT2D eigenvalue weighted by Crippen LogP contribution is 2.60. The number of aryl methyl sites for hydroxylation is 1. The van der Waals surface area contributed by atoms with Crippen LogP contribution in [0.1, 0.15) is 51.3 Å². The summed E-state index contributed by atoms with van der Waals surface area (Å²) in [5.74, 6) is 2.37. The molecule has 0 unspecified atom stereocenters. The Morgan fingerprint density at radius 1 is 1.28 bits per heavy atom. The third-order valence-electron chi connectivity index (χ3n) is 6.56. The van der Waals surface area contributed by atoms with Crippen molar-refractivity contribution in [2.45, 2.75) is 76.0 Å². The summed E-state index contributed by atoms with van der Waals surface area (Å²) < 4.78 is 2.16. The van der Waals surface area contributed by atoms with E-state index in [-0.39, 0.29) is 11.1 Å². The number of nitrogens with zero attached hydrogens (tertiary/aromatic N) is 6. The maximum Gasteiger partial charge on any atom is 0.171 e. The predicted octanol–water partition coefficient (Wildman–Crippen LogP) is 1.90. The van der Waals surface area contributed by atoms with E-state index in [2.05, 4.69) is 37.2 Å². The molecule has 7 heteroatoms. The van der Waals surface area contributed by atoms with Crippen molar-refractivity contribution >= 4 is 0 Å². The minimum atomic E-state index is 0.0765. The molecule has 134 valence electrons. The van der Waals surface area contributed by atoms with E-state index in [1.165, 1.54) is 32.1 Å². The zero-order chi connectivity index (χ0) is 17.1. The number of rotatable bonds is 5. The smallest absolute Gasteiger partial charge is 0.171 e. The normalized spacial score (nSPS) is 37.5. The van der Waals surface area contributed by atoms with Gasteiger partial charge in [0.1, 0.15) is 0 Å². The van der Waals surface area contributed by atoms with Gasteiger partial charge in [-0.15, -0.1) is 10.2 Å². The first-order chi connectivity index (χ1) is 12.0. The van der Waals surface area contributed by atoms with E-state index in [1.54, 1.807) is 0 Å². The van der Waals surface area contributed by atoms with Gasteiger partial charge in [0.25, 0.3) is 0 Å². The van der Waals surface area contributed by atoms with Gasteiger partial charge in [-0.3, -0.25) is 0 Å². The SMILES string of the molecule is Cc1nnn(C23C[C@H]4C[C@@H](CC(N[C@@H](C)Cn5ccnc5)(C4)C2)C3)n1. The summed E-state index contributed by atoms with van der Waals surface area (Å²) in [5.41, 5.74) is 0.304. The Morgan fingerprint density at radius 2 is 2.08 bits per heavy atom. The first-order valence-electron chi connectivity index (χ1n) is 9.55. The summed E-state index contributed by atoms with van der Waals surface area (Å²) in [7, 11) is 0. The summed E-state index contributed by atoms with van der Waals surface area (Å²) in [6, 6.07) is 0.424. The van der Waals surface area contributed by atoms with Gasteiger partial charge in [0.15, 0.2) is 5.82 Å². The lowest BCUT2D eigenvalue weighted by Gasteiger charge is -2.62. The fraction of sp³-hybridized carbons (Fsp3) is 0.778. The van der Waals surface area contributed by atoms with E-state index in [4.69, 9.17) is 0 Å². The van der Waals surface area contributed by atoms with E-state index < -0.39 is 0 Å². The third kappa shape index (κ3) is 2.60. The molecule has 3 atom stereocenters. The second-order valence-electron chi connectivity index (χ2n) is 8.90. The van der Waals surface area contributed by atoms with E-state index in [9.17, 15) is 0 Å². The van der Waals surface area contributed by atoms with Gasteiger partial charge >= 0.3 is 0 Å². The monoisotopic (exact) mass is 341 g/mol. The summed E-state index contributed by atoms with van der Waals surface area (Å²) in [5, 5.41) is 17.2. The molecule has 0 saturated heterocycles. The van der Waals surface area contributed by atoms with Crippen LogP contribution in [0, 0.1) is 18.8 Å². The van der Waals surface area contributed by atoms with Gasteiger partial charge in [0, 0.05) is 30.5 Å². The fourth-order valence-electron chi connectivity index (χ4n) is 6.38. The molecule has 25 heavy (non-hydrogen) atoms. The van der Waals surface area contributed by atoms with Crippen LogP contribution in [0.15, 0.2) is 18.7 Å². The van der Waals surface area contributed by atoms with Crippen molar-refractivity contribution in [1.82, 2.24) is 35.1 Å².